The van der Waals surface area contributed by atoms with Crippen molar-refractivity contribution in [1.82, 2.24) is 25.4 Å². The molecule has 0 radical (unpaired) electrons. The third-order valence-electron chi connectivity index (χ3n) is 5.42. The number of carbonyl (C=O) groups is 2. The average molecular weight is 414 g/mol. The van der Waals surface area contributed by atoms with Crippen LogP contribution in [0.15, 0.2) is 24.3 Å². The van der Waals surface area contributed by atoms with Gasteiger partial charge in [-0.15, -0.1) is 10.2 Å². The number of aromatic nitrogens is 3. The molecular formula is C22H31N5O3. The Hall–Kier alpha value is -2.90. The minimum atomic E-state index is -0.616. The van der Waals surface area contributed by atoms with Crippen molar-refractivity contribution >= 4 is 11.8 Å². The van der Waals surface area contributed by atoms with E-state index < -0.39 is 6.04 Å². The second kappa shape index (κ2) is 10.2. The number of ether oxygens (including phenoxy) is 1. The number of methoxy groups -OCH3 is 1. The molecule has 1 atom stereocenters. The predicted molar refractivity (Wildman–Crippen MR) is 113 cm³/mol. The molecule has 1 aromatic carbocycles. The molecule has 162 valence electrons. The Kier molecular flexibility index (Phi) is 7.43. The first-order valence-corrected chi connectivity index (χ1v) is 10.6. The molecule has 3 rings (SSSR count). The van der Waals surface area contributed by atoms with Gasteiger partial charge in [0.1, 0.15) is 23.4 Å². The van der Waals surface area contributed by atoms with Gasteiger partial charge in [0.2, 0.25) is 5.91 Å². The van der Waals surface area contributed by atoms with Crippen LogP contribution in [0, 0.1) is 5.92 Å². The highest BCUT2D eigenvalue weighted by atomic mass is 16.5. The summed E-state index contributed by atoms with van der Waals surface area (Å²) in [6, 6.07) is 6.19. The molecule has 2 aromatic rings. The van der Waals surface area contributed by atoms with E-state index in [1.165, 1.54) is 6.42 Å². The molecular weight excluding hydrogens is 382 g/mol. The van der Waals surface area contributed by atoms with Crippen molar-refractivity contribution in [3.8, 4) is 5.75 Å². The summed E-state index contributed by atoms with van der Waals surface area (Å²) in [5.74, 6) is 2.11. The van der Waals surface area contributed by atoms with Crippen LogP contribution in [0.5, 0.6) is 5.75 Å². The fraction of sp³-hybridized carbons (Fsp3) is 0.545. The lowest BCUT2D eigenvalue weighted by Gasteiger charge is -2.22. The first kappa shape index (κ1) is 21.8. The van der Waals surface area contributed by atoms with Crippen molar-refractivity contribution in [3.63, 3.8) is 0 Å². The molecule has 1 unspecified atom stereocenters. The molecule has 0 fully saturated rings. The van der Waals surface area contributed by atoms with Gasteiger partial charge in [-0.25, -0.2) is 0 Å². The number of aryl methyl sites for hydroxylation is 1. The van der Waals surface area contributed by atoms with Crippen LogP contribution in [-0.4, -0.2) is 46.3 Å². The van der Waals surface area contributed by atoms with E-state index in [0.29, 0.717) is 24.3 Å². The largest absolute Gasteiger partial charge is 0.497 e. The highest BCUT2D eigenvalue weighted by Gasteiger charge is 2.24. The summed E-state index contributed by atoms with van der Waals surface area (Å²) >= 11 is 0. The number of rotatable bonds is 8. The monoisotopic (exact) mass is 413 g/mol. The lowest BCUT2D eigenvalue weighted by atomic mass is 10.0. The standard InChI is InChI=1S/C22H31N5O3/c1-15(2)20(24-21(28)16-8-10-17(30-3)11-9-16)22(29)23-13-12-19-26-25-18-7-5-4-6-14-27(18)19/h8-11,15,20H,4-7,12-14H2,1-3H3,(H,23,29)(H,24,28). The third-order valence-corrected chi connectivity index (χ3v) is 5.42. The molecule has 0 saturated heterocycles. The first-order chi connectivity index (χ1) is 14.5. The normalized spacial score (nSPS) is 14.5. The Morgan fingerprint density at radius 1 is 1.13 bits per heavy atom. The van der Waals surface area contributed by atoms with Crippen LogP contribution >= 0.6 is 0 Å². The van der Waals surface area contributed by atoms with Crippen LogP contribution in [0.2, 0.25) is 0 Å². The van der Waals surface area contributed by atoms with Crippen LogP contribution in [0.4, 0.5) is 0 Å². The van der Waals surface area contributed by atoms with E-state index >= 15 is 0 Å². The number of carbonyl (C=O) groups excluding carboxylic acids is 2. The minimum absolute atomic E-state index is 0.0448. The zero-order valence-corrected chi connectivity index (χ0v) is 18.0. The van der Waals surface area contributed by atoms with Gasteiger partial charge in [-0.05, 0) is 43.0 Å². The van der Waals surface area contributed by atoms with E-state index in [0.717, 1.165) is 37.5 Å². The van der Waals surface area contributed by atoms with Crippen molar-refractivity contribution in [2.45, 2.75) is 58.5 Å². The number of hydrogen-bond acceptors (Lipinski definition) is 5. The molecule has 30 heavy (non-hydrogen) atoms. The molecule has 0 spiro atoms. The molecule has 1 aromatic heterocycles. The fourth-order valence-electron chi connectivity index (χ4n) is 3.64. The zero-order valence-electron chi connectivity index (χ0n) is 18.0. The van der Waals surface area contributed by atoms with Gasteiger partial charge in [-0.2, -0.15) is 0 Å². The van der Waals surface area contributed by atoms with E-state index in [9.17, 15) is 9.59 Å². The SMILES string of the molecule is COc1ccc(C(=O)NC(C(=O)NCCc2nnc3n2CCCCC3)C(C)C)cc1. The van der Waals surface area contributed by atoms with Crippen LogP contribution in [0.3, 0.4) is 0 Å². The molecule has 1 aliphatic heterocycles. The molecule has 0 aliphatic carbocycles. The summed E-state index contributed by atoms with van der Waals surface area (Å²) < 4.78 is 7.30. The van der Waals surface area contributed by atoms with E-state index in [1.54, 1.807) is 31.4 Å². The molecule has 8 nitrogen and oxygen atoms in total. The third kappa shape index (κ3) is 5.37. The average Bonchev–Trinajstić information content (AvgIpc) is 2.97. The van der Waals surface area contributed by atoms with Gasteiger partial charge < -0.3 is 19.9 Å². The Morgan fingerprint density at radius 3 is 2.60 bits per heavy atom. The number of benzene rings is 1. The molecule has 0 saturated carbocycles. The van der Waals surface area contributed by atoms with Gasteiger partial charge in [0.15, 0.2) is 0 Å². The van der Waals surface area contributed by atoms with Crippen LogP contribution in [-0.2, 0) is 24.2 Å². The van der Waals surface area contributed by atoms with Crippen molar-refractivity contribution in [3.05, 3.63) is 41.5 Å². The number of nitrogens with one attached hydrogen (secondary N) is 2. The summed E-state index contributed by atoms with van der Waals surface area (Å²) in [5, 5.41) is 14.4. The number of fused-ring (bicyclic) bond motifs is 1. The van der Waals surface area contributed by atoms with Gasteiger partial charge in [0.05, 0.1) is 7.11 Å². The second-order valence-electron chi connectivity index (χ2n) is 7.96. The quantitative estimate of drug-likeness (QED) is 0.691. The van der Waals surface area contributed by atoms with Crippen LogP contribution in [0.25, 0.3) is 0 Å². The second-order valence-corrected chi connectivity index (χ2v) is 7.96. The van der Waals surface area contributed by atoms with Crippen molar-refractivity contribution < 1.29 is 14.3 Å². The van der Waals surface area contributed by atoms with E-state index in [4.69, 9.17) is 4.74 Å². The maximum absolute atomic E-state index is 12.7. The highest BCUT2D eigenvalue weighted by Crippen LogP contribution is 2.15. The maximum Gasteiger partial charge on any atom is 0.251 e. The van der Waals surface area contributed by atoms with E-state index in [2.05, 4.69) is 25.4 Å². The summed E-state index contributed by atoms with van der Waals surface area (Å²) in [5.41, 5.74) is 0.486. The predicted octanol–water partition coefficient (Wildman–Crippen LogP) is 2.13. The maximum atomic E-state index is 12.7. The Balaban J connectivity index is 1.55. The smallest absolute Gasteiger partial charge is 0.251 e. The van der Waals surface area contributed by atoms with E-state index in [1.807, 2.05) is 13.8 Å². The van der Waals surface area contributed by atoms with Gasteiger partial charge >= 0.3 is 0 Å². The topological polar surface area (TPSA) is 98.1 Å². The van der Waals surface area contributed by atoms with Gasteiger partial charge in [-0.1, -0.05) is 20.3 Å². The van der Waals surface area contributed by atoms with Crippen LogP contribution in [0.1, 0.15) is 55.1 Å². The summed E-state index contributed by atoms with van der Waals surface area (Å²) in [6.45, 7) is 5.23. The summed E-state index contributed by atoms with van der Waals surface area (Å²) in [7, 11) is 1.57. The first-order valence-electron chi connectivity index (χ1n) is 10.6. The number of nitrogens with zero attached hydrogens (tertiary/aromatic N) is 3. The molecule has 8 heteroatoms. The minimum Gasteiger partial charge on any atom is -0.497 e. The molecule has 1 aliphatic rings. The number of amides is 2. The lowest BCUT2D eigenvalue weighted by molar-refractivity contribution is -0.123. The van der Waals surface area contributed by atoms with E-state index in [-0.39, 0.29) is 17.7 Å². The van der Waals surface area contributed by atoms with Crippen molar-refractivity contribution in [2.75, 3.05) is 13.7 Å². The number of hydrogen-bond donors (Lipinski definition) is 2. The Labute approximate surface area is 177 Å². The lowest BCUT2D eigenvalue weighted by Crippen LogP contribution is -2.50. The van der Waals surface area contributed by atoms with Gasteiger partial charge in [0, 0.05) is 31.5 Å². The van der Waals surface area contributed by atoms with Crippen LogP contribution < -0.4 is 15.4 Å². The fourth-order valence-corrected chi connectivity index (χ4v) is 3.64. The molecule has 0 bridgehead atoms. The van der Waals surface area contributed by atoms with Crippen molar-refractivity contribution in [2.24, 2.45) is 5.92 Å². The van der Waals surface area contributed by atoms with Crippen molar-refractivity contribution in [1.29, 1.82) is 0 Å². The summed E-state index contributed by atoms with van der Waals surface area (Å²) in [6.07, 6.45) is 5.09. The zero-order chi connectivity index (χ0) is 21.5. The van der Waals surface area contributed by atoms with Gasteiger partial charge in [-0.3, -0.25) is 9.59 Å². The molecule has 2 heterocycles. The Bertz CT molecular complexity index is 860. The Morgan fingerprint density at radius 2 is 1.90 bits per heavy atom. The summed E-state index contributed by atoms with van der Waals surface area (Å²) in [4.78, 5) is 25.3. The molecule has 2 amide bonds. The highest BCUT2D eigenvalue weighted by molar-refractivity contribution is 5.97. The van der Waals surface area contributed by atoms with Gasteiger partial charge in [0.25, 0.3) is 5.91 Å². The molecule has 2 N–H and O–H groups in total.